The molecule has 0 bridgehead atoms. The second-order valence-electron chi connectivity index (χ2n) is 6.87. The fraction of sp³-hybridized carbons (Fsp3) is 0.227. The highest BCUT2D eigenvalue weighted by Gasteiger charge is 2.22. The number of carbonyl (C=O) groups is 1. The van der Waals surface area contributed by atoms with E-state index in [1.165, 1.54) is 5.56 Å². The summed E-state index contributed by atoms with van der Waals surface area (Å²) in [5, 5.41) is 13.1. The minimum Gasteiger partial charge on any atom is -0.336 e. The highest BCUT2D eigenvalue weighted by molar-refractivity contribution is 5.94. The van der Waals surface area contributed by atoms with E-state index in [1.54, 1.807) is 10.9 Å². The normalized spacial score (nSPS) is 14.6. The molecule has 4 rings (SSSR count). The van der Waals surface area contributed by atoms with Crippen LogP contribution in [-0.2, 0) is 6.54 Å². The van der Waals surface area contributed by atoms with E-state index in [2.05, 4.69) is 16.1 Å². The fourth-order valence-electron chi connectivity index (χ4n) is 3.41. The average Bonchev–Trinajstić information content (AvgIpc) is 3.29. The number of carbonyl (C=O) groups excluding carboxylic acids is 1. The van der Waals surface area contributed by atoms with E-state index in [1.807, 2.05) is 65.7 Å². The molecule has 0 unspecified atom stereocenters. The van der Waals surface area contributed by atoms with Gasteiger partial charge >= 0.3 is 0 Å². The number of amides is 1. The monoisotopic (exact) mass is 371 g/mol. The van der Waals surface area contributed by atoms with Crippen molar-refractivity contribution in [2.24, 2.45) is 0 Å². The Morgan fingerprint density at radius 2 is 1.71 bits per heavy atom. The molecule has 140 valence electrons. The summed E-state index contributed by atoms with van der Waals surface area (Å²) in [4.78, 5) is 17.0. The highest BCUT2D eigenvalue weighted by atomic mass is 16.2. The molecule has 1 saturated heterocycles. The van der Waals surface area contributed by atoms with Crippen LogP contribution >= 0.6 is 0 Å². The molecule has 0 N–H and O–H groups in total. The number of nitriles is 1. The smallest absolute Gasteiger partial charge is 0.253 e. The summed E-state index contributed by atoms with van der Waals surface area (Å²) < 4.78 is 1.77. The van der Waals surface area contributed by atoms with E-state index in [-0.39, 0.29) is 5.91 Å². The zero-order valence-corrected chi connectivity index (χ0v) is 15.5. The maximum atomic E-state index is 12.8. The van der Waals surface area contributed by atoms with Crippen LogP contribution in [0.15, 0.2) is 67.0 Å². The Labute approximate surface area is 164 Å². The summed E-state index contributed by atoms with van der Waals surface area (Å²) in [7, 11) is 0. The molecule has 2 aromatic carbocycles. The molecular weight excluding hydrogens is 350 g/mol. The molecule has 28 heavy (non-hydrogen) atoms. The van der Waals surface area contributed by atoms with Crippen molar-refractivity contribution in [2.75, 3.05) is 26.2 Å². The van der Waals surface area contributed by atoms with Crippen molar-refractivity contribution < 1.29 is 4.79 Å². The van der Waals surface area contributed by atoms with Crippen molar-refractivity contribution in [3.8, 4) is 11.8 Å². The number of aromatic nitrogens is 2. The Kier molecular flexibility index (Phi) is 5.18. The quantitative estimate of drug-likeness (QED) is 0.707. The second-order valence-corrected chi connectivity index (χ2v) is 6.87. The van der Waals surface area contributed by atoms with Crippen LogP contribution in [0.4, 0.5) is 0 Å². The van der Waals surface area contributed by atoms with E-state index in [0.717, 1.165) is 38.4 Å². The first-order valence-electron chi connectivity index (χ1n) is 9.34. The number of piperazine rings is 1. The molecule has 1 aromatic heterocycles. The number of hydrogen-bond acceptors (Lipinski definition) is 4. The molecule has 0 aliphatic carbocycles. The van der Waals surface area contributed by atoms with Gasteiger partial charge in [-0.3, -0.25) is 9.69 Å². The lowest BCUT2D eigenvalue weighted by Gasteiger charge is -2.34. The third-order valence-corrected chi connectivity index (χ3v) is 5.03. The first-order valence-corrected chi connectivity index (χ1v) is 9.34. The van der Waals surface area contributed by atoms with Crippen LogP contribution in [0.2, 0.25) is 0 Å². The minimum atomic E-state index is 0.0741. The van der Waals surface area contributed by atoms with Gasteiger partial charge in [-0.15, -0.1) is 0 Å². The maximum Gasteiger partial charge on any atom is 0.253 e. The van der Waals surface area contributed by atoms with Crippen molar-refractivity contribution >= 4 is 5.91 Å². The van der Waals surface area contributed by atoms with Crippen molar-refractivity contribution in [3.05, 3.63) is 83.7 Å². The average molecular weight is 371 g/mol. The first-order chi connectivity index (χ1) is 13.7. The maximum absolute atomic E-state index is 12.8. The van der Waals surface area contributed by atoms with Crippen molar-refractivity contribution in [3.63, 3.8) is 0 Å². The zero-order valence-electron chi connectivity index (χ0n) is 15.5. The Bertz CT molecular complexity index is 963. The molecule has 6 heteroatoms. The molecule has 1 amide bonds. The van der Waals surface area contributed by atoms with Gasteiger partial charge < -0.3 is 4.90 Å². The second kappa shape index (κ2) is 8.07. The van der Waals surface area contributed by atoms with E-state index in [0.29, 0.717) is 11.1 Å². The van der Waals surface area contributed by atoms with Gasteiger partial charge in [0.05, 0.1) is 17.3 Å². The van der Waals surface area contributed by atoms with Crippen molar-refractivity contribution in [1.29, 1.82) is 5.26 Å². The lowest BCUT2D eigenvalue weighted by molar-refractivity contribution is 0.0628. The SMILES string of the molecule is N#Cc1ccc(CN2CCN(C(=O)c3ccc(-n4cccn4)cc3)CC2)cc1. The number of rotatable bonds is 4. The minimum absolute atomic E-state index is 0.0741. The van der Waals surface area contributed by atoms with Crippen LogP contribution in [0.3, 0.4) is 0 Å². The van der Waals surface area contributed by atoms with Gasteiger partial charge in [0.1, 0.15) is 0 Å². The van der Waals surface area contributed by atoms with Crippen LogP contribution in [0.25, 0.3) is 5.69 Å². The predicted molar refractivity (Wildman–Crippen MR) is 106 cm³/mol. The van der Waals surface area contributed by atoms with Crippen LogP contribution in [0.1, 0.15) is 21.5 Å². The Morgan fingerprint density at radius 1 is 1.00 bits per heavy atom. The van der Waals surface area contributed by atoms with E-state index < -0.39 is 0 Å². The number of hydrogen-bond donors (Lipinski definition) is 0. The standard InChI is InChI=1S/C22H21N5O/c23-16-18-2-4-19(5-3-18)17-25-12-14-26(15-13-25)22(28)20-6-8-21(9-7-20)27-11-1-10-24-27/h1-11H,12-15,17H2. The molecule has 0 atom stereocenters. The van der Waals surface area contributed by atoms with Crippen molar-refractivity contribution in [2.45, 2.75) is 6.54 Å². The lowest BCUT2D eigenvalue weighted by atomic mass is 10.1. The molecule has 1 aliphatic heterocycles. The predicted octanol–water partition coefficient (Wildman–Crippen LogP) is 2.70. The summed E-state index contributed by atoms with van der Waals surface area (Å²) in [5.41, 5.74) is 3.51. The van der Waals surface area contributed by atoms with Gasteiger partial charge in [0, 0.05) is 50.7 Å². The topological polar surface area (TPSA) is 65.2 Å². The molecule has 0 radical (unpaired) electrons. The summed E-state index contributed by atoms with van der Waals surface area (Å²) in [6.07, 6.45) is 3.61. The molecule has 1 fully saturated rings. The molecule has 3 aromatic rings. The third kappa shape index (κ3) is 3.95. The molecule has 6 nitrogen and oxygen atoms in total. The summed E-state index contributed by atoms with van der Waals surface area (Å²) >= 11 is 0. The Hall–Kier alpha value is -3.43. The molecular formula is C22H21N5O. The van der Waals surface area contributed by atoms with E-state index >= 15 is 0 Å². The largest absolute Gasteiger partial charge is 0.336 e. The van der Waals surface area contributed by atoms with Crippen LogP contribution < -0.4 is 0 Å². The zero-order chi connectivity index (χ0) is 19.3. The van der Waals surface area contributed by atoms with Gasteiger partial charge in [0.15, 0.2) is 0 Å². The number of benzene rings is 2. The summed E-state index contributed by atoms with van der Waals surface area (Å²) in [5.74, 6) is 0.0741. The fourth-order valence-corrected chi connectivity index (χ4v) is 3.41. The molecule has 0 spiro atoms. The van der Waals surface area contributed by atoms with E-state index in [4.69, 9.17) is 5.26 Å². The molecule has 1 aliphatic rings. The van der Waals surface area contributed by atoms with Gasteiger partial charge in [0.25, 0.3) is 5.91 Å². The Balaban J connectivity index is 1.33. The Morgan fingerprint density at radius 3 is 2.32 bits per heavy atom. The first kappa shape index (κ1) is 18.0. The van der Waals surface area contributed by atoms with Gasteiger partial charge in [0.2, 0.25) is 0 Å². The van der Waals surface area contributed by atoms with Gasteiger partial charge in [-0.05, 0) is 48.0 Å². The highest BCUT2D eigenvalue weighted by Crippen LogP contribution is 2.14. The lowest BCUT2D eigenvalue weighted by Crippen LogP contribution is -2.48. The third-order valence-electron chi connectivity index (χ3n) is 5.03. The molecule has 2 heterocycles. The van der Waals surface area contributed by atoms with Crippen LogP contribution in [0.5, 0.6) is 0 Å². The summed E-state index contributed by atoms with van der Waals surface area (Å²) in [6, 6.07) is 19.3. The van der Waals surface area contributed by atoms with Crippen LogP contribution in [0, 0.1) is 11.3 Å². The summed E-state index contributed by atoms with van der Waals surface area (Å²) in [6.45, 7) is 3.96. The van der Waals surface area contributed by atoms with Gasteiger partial charge in [-0.2, -0.15) is 10.4 Å². The van der Waals surface area contributed by atoms with Crippen molar-refractivity contribution in [1.82, 2.24) is 19.6 Å². The van der Waals surface area contributed by atoms with Crippen LogP contribution in [-0.4, -0.2) is 51.7 Å². The van der Waals surface area contributed by atoms with Gasteiger partial charge in [-0.1, -0.05) is 12.1 Å². The van der Waals surface area contributed by atoms with E-state index in [9.17, 15) is 4.79 Å². The number of nitrogens with zero attached hydrogens (tertiary/aromatic N) is 5. The molecule has 0 saturated carbocycles. The van der Waals surface area contributed by atoms with Gasteiger partial charge in [-0.25, -0.2) is 4.68 Å².